The SMILES string of the molecule is O=C(CN1C(=O)[C@@H](N2CCOC2=O)[C@H]1/C=C/c1ccccc1)NCc1cccc(C(F)(F)F)c1. The van der Waals surface area contributed by atoms with Crippen LogP contribution in [0.2, 0.25) is 0 Å². The second-order valence-corrected chi connectivity index (χ2v) is 7.95. The first-order valence-corrected chi connectivity index (χ1v) is 10.6. The van der Waals surface area contributed by atoms with Crippen molar-refractivity contribution in [1.29, 1.82) is 0 Å². The fourth-order valence-electron chi connectivity index (χ4n) is 3.96. The van der Waals surface area contributed by atoms with Crippen LogP contribution in [0.5, 0.6) is 0 Å². The Kier molecular flexibility index (Phi) is 6.58. The van der Waals surface area contributed by atoms with Crippen LogP contribution in [0.25, 0.3) is 6.08 Å². The molecule has 0 aromatic heterocycles. The Hall–Kier alpha value is -3.82. The standard InChI is InChI=1S/C24H22F3N3O4/c25-24(26,27)18-8-4-7-17(13-18)14-28-20(31)15-30-19(10-9-16-5-2-1-3-6-16)21(22(30)32)29-11-12-34-23(29)33/h1-10,13,19,21H,11-12,14-15H2,(H,28,31)/b10-9+/t19-,21+/m1/s1. The zero-order valence-corrected chi connectivity index (χ0v) is 18.0. The molecule has 34 heavy (non-hydrogen) atoms. The monoisotopic (exact) mass is 473 g/mol. The number of carbonyl (C=O) groups is 3. The van der Waals surface area contributed by atoms with Crippen molar-refractivity contribution in [3.8, 4) is 0 Å². The van der Waals surface area contributed by atoms with Crippen molar-refractivity contribution < 1.29 is 32.3 Å². The summed E-state index contributed by atoms with van der Waals surface area (Å²) in [5.74, 6) is -0.915. The van der Waals surface area contributed by atoms with Crippen LogP contribution in [0.15, 0.2) is 60.7 Å². The van der Waals surface area contributed by atoms with E-state index < -0.39 is 41.7 Å². The van der Waals surface area contributed by atoms with Crippen LogP contribution in [-0.2, 0) is 27.0 Å². The molecule has 2 aliphatic heterocycles. The van der Waals surface area contributed by atoms with E-state index in [0.29, 0.717) is 0 Å². The van der Waals surface area contributed by atoms with Gasteiger partial charge in [0.25, 0.3) is 0 Å². The van der Waals surface area contributed by atoms with E-state index in [2.05, 4.69) is 5.32 Å². The highest BCUT2D eigenvalue weighted by molar-refractivity contribution is 5.96. The van der Waals surface area contributed by atoms with Gasteiger partial charge >= 0.3 is 12.3 Å². The normalized spacial score (nSPS) is 20.4. The van der Waals surface area contributed by atoms with Crippen molar-refractivity contribution in [2.24, 2.45) is 0 Å². The molecule has 2 atom stereocenters. The number of ether oxygens (including phenoxy) is 1. The zero-order valence-electron chi connectivity index (χ0n) is 18.0. The number of nitrogens with one attached hydrogen (secondary N) is 1. The molecule has 0 radical (unpaired) electrons. The van der Waals surface area contributed by atoms with Gasteiger partial charge in [0.2, 0.25) is 11.8 Å². The molecule has 0 aliphatic carbocycles. The van der Waals surface area contributed by atoms with Crippen molar-refractivity contribution in [1.82, 2.24) is 15.1 Å². The first-order chi connectivity index (χ1) is 16.2. The van der Waals surface area contributed by atoms with Crippen LogP contribution in [0, 0.1) is 0 Å². The number of cyclic esters (lactones) is 1. The van der Waals surface area contributed by atoms with Gasteiger partial charge in [-0.3, -0.25) is 14.5 Å². The molecule has 2 aromatic rings. The molecule has 178 valence electrons. The largest absolute Gasteiger partial charge is 0.448 e. The Morgan fingerprint density at radius 1 is 1.12 bits per heavy atom. The van der Waals surface area contributed by atoms with Gasteiger partial charge in [-0.1, -0.05) is 54.6 Å². The highest BCUT2D eigenvalue weighted by Gasteiger charge is 2.52. The second kappa shape index (κ2) is 9.58. The number of likely N-dealkylation sites (tertiary alicyclic amines) is 1. The van der Waals surface area contributed by atoms with E-state index in [9.17, 15) is 27.6 Å². The summed E-state index contributed by atoms with van der Waals surface area (Å²) in [6, 6.07) is 12.7. The van der Waals surface area contributed by atoms with Crippen molar-refractivity contribution >= 4 is 24.0 Å². The summed E-state index contributed by atoms with van der Waals surface area (Å²) >= 11 is 0. The lowest BCUT2D eigenvalue weighted by Crippen LogP contribution is -2.71. The number of rotatable bonds is 7. The van der Waals surface area contributed by atoms with E-state index in [1.165, 1.54) is 21.9 Å². The van der Waals surface area contributed by atoms with Crippen molar-refractivity contribution in [2.75, 3.05) is 19.7 Å². The minimum absolute atomic E-state index is 0.114. The van der Waals surface area contributed by atoms with E-state index >= 15 is 0 Å². The Bertz CT molecular complexity index is 1100. The number of hydrogen-bond donors (Lipinski definition) is 1. The van der Waals surface area contributed by atoms with E-state index in [0.717, 1.165) is 17.7 Å². The molecule has 0 saturated carbocycles. The Morgan fingerprint density at radius 3 is 2.56 bits per heavy atom. The summed E-state index contributed by atoms with van der Waals surface area (Å²) in [4.78, 5) is 40.0. The molecular formula is C24H22F3N3O4. The third kappa shape index (κ3) is 5.05. The maximum absolute atomic E-state index is 12.9. The number of β-lactam (4-membered cyclic amide) rings is 1. The molecule has 2 saturated heterocycles. The fourth-order valence-corrected chi connectivity index (χ4v) is 3.96. The molecule has 1 N–H and O–H groups in total. The van der Waals surface area contributed by atoms with Gasteiger partial charge in [0.05, 0.1) is 18.2 Å². The number of hydrogen-bond acceptors (Lipinski definition) is 4. The van der Waals surface area contributed by atoms with Gasteiger partial charge in [-0.2, -0.15) is 13.2 Å². The van der Waals surface area contributed by atoms with Gasteiger partial charge in [0.15, 0.2) is 0 Å². The number of alkyl halides is 3. The molecule has 0 bridgehead atoms. The van der Waals surface area contributed by atoms with Crippen molar-refractivity contribution in [3.63, 3.8) is 0 Å². The Morgan fingerprint density at radius 2 is 1.88 bits per heavy atom. The number of halogens is 3. The lowest BCUT2D eigenvalue weighted by molar-refractivity contribution is -0.156. The van der Waals surface area contributed by atoms with Crippen LogP contribution in [0.3, 0.4) is 0 Å². The lowest BCUT2D eigenvalue weighted by Gasteiger charge is -2.48. The van der Waals surface area contributed by atoms with Crippen molar-refractivity contribution in [2.45, 2.75) is 24.8 Å². The maximum atomic E-state index is 12.9. The van der Waals surface area contributed by atoms with Gasteiger partial charge in [-0.25, -0.2) is 4.79 Å². The summed E-state index contributed by atoms with van der Waals surface area (Å²) in [6.45, 7) is 0.0634. The first kappa shape index (κ1) is 23.3. The smallest absolute Gasteiger partial charge is 0.416 e. The molecule has 0 unspecified atom stereocenters. The summed E-state index contributed by atoms with van der Waals surface area (Å²) in [7, 11) is 0. The molecule has 2 fully saturated rings. The third-order valence-electron chi connectivity index (χ3n) is 5.69. The molecular weight excluding hydrogens is 451 g/mol. The summed E-state index contributed by atoms with van der Waals surface area (Å²) < 4.78 is 43.6. The predicted octanol–water partition coefficient (Wildman–Crippen LogP) is 3.07. The predicted molar refractivity (Wildman–Crippen MR) is 116 cm³/mol. The van der Waals surface area contributed by atoms with Gasteiger partial charge in [0, 0.05) is 6.54 Å². The van der Waals surface area contributed by atoms with E-state index in [-0.39, 0.29) is 31.8 Å². The summed E-state index contributed by atoms with van der Waals surface area (Å²) in [6.07, 6.45) is -1.50. The highest BCUT2D eigenvalue weighted by Crippen LogP contribution is 2.30. The highest BCUT2D eigenvalue weighted by atomic mass is 19.4. The third-order valence-corrected chi connectivity index (χ3v) is 5.69. The molecule has 3 amide bonds. The van der Waals surface area contributed by atoms with Gasteiger partial charge in [-0.05, 0) is 23.3 Å². The fraction of sp³-hybridized carbons (Fsp3) is 0.292. The summed E-state index contributed by atoms with van der Waals surface area (Å²) in [5.41, 5.74) is 0.374. The van der Waals surface area contributed by atoms with Gasteiger partial charge in [0.1, 0.15) is 19.2 Å². The quantitative estimate of drug-likeness (QED) is 0.627. The van der Waals surface area contributed by atoms with Crippen LogP contribution in [0.4, 0.5) is 18.0 Å². The van der Waals surface area contributed by atoms with Gasteiger partial charge in [-0.15, -0.1) is 0 Å². The average Bonchev–Trinajstić information content (AvgIpc) is 3.23. The molecule has 2 aromatic carbocycles. The summed E-state index contributed by atoms with van der Waals surface area (Å²) in [5, 5.41) is 2.56. The Balaban J connectivity index is 1.43. The molecule has 2 heterocycles. The number of carbonyl (C=O) groups excluding carboxylic acids is 3. The average molecular weight is 473 g/mol. The minimum atomic E-state index is -4.48. The zero-order chi connectivity index (χ0) is 24.3. The van der Waals surface area contributed by atoms with E-state index in [4.69, 9.17) is 4.74 Å². The Labute approximate surface area is 193 Å². The number of amides is 3. The van der Waals surface area contributed by atoms with Crippen LogP contribution in [0.1, 0.15) is 16.7 Å². The van der Waals surface area contributed by atoms with Crippen LogP contribution >= 0.6 is 0 Å². The van der Waals surface area contributed by atoms with E-state index in [1.54, 1.807) is 12.2 Å². The second-order valence-electron chi connectivity index (χ2n) is 7.95. The first-order valence-electron chi connectivity index (χ1n) is 10.6. The lowest BCUT2D eigenvalue weighted by atomic mass is 9.92. The van der Waals surface area contributed by atoms with Crippen LogP contribution < -0.4 is 5.32 Å². The van der Waals surface area contributed by atoms with Crippen LogP contribution in [-0.4, -0.2) is 59.5 Å². The topological polar surface area (TPSA) is 79.0 Å². The van der Waals surface area contributed by atoms with Crippen molar-refractivity contribution in [3.05, 3.63) is 77.4 Å². The van der Waals surface area contributed by atoms with E-state index in [1.807, 2.05) is 30.3 Å². The molecule has 7 nitrogen and oxygen atoms in total. The molecule has 4 rings (SSSR count). The minimum Gasteiger partial charge on any atom is -0.448 e. The maximum Gasteiger partial charge on any atom is 0.416 e. The van der Waals surface area contributed by atoms with Gasteiger partial charge < -0.3 is 15.0 Å². The molecule has 2 aliphatic rings. The molecule has 10 heteroatoms. The molecule has 0 spiro atoms. The number of benzene rings is 2. The number of nitrogens with zero attached hydrogens (tertiary/aromatic N) is 2.